The molecule has 30 heavy (non-hydrogen) atoms. The van der Waals surface area contributed by atoms with Crippen molar-refractivity contribution in [2.45, 2.75) is 32.1 Å². The highest BCUT2D eigenvalue weighted by molar-refractivity contribution is 5.84. The molecule has 0 unspecified atom stereocenters. The van der Waals surface area contributed by atoms with Gasteiger partial charge >= 0.3 is 0 Å². The molecule has 0 atom stereocenters. The van der Waals surface area contributed by atoms with Crippen molar-refractivity contribution in [1.29, 1.82) is 0 Å². The standard InChI is InChI=1S/C23H39N5O2/c1-27(2)21(29)18-25-22(26-19-23(12-8-13-23)14-17-30-4)24-15-9-16-28(3)20-10-6-5-7-11-20/h5-7,10-11H,8-9,12-19H2,1-4H3,(H2,24,25,26). The first-order chi connectivity index (χ1) is 14.5. The molecule has 0 radical (unpaired) electrons. The van der Waals surface area contributed by atoms with Crippen LogP contribution in [-0.4, -0.2) is 77.8 Å². The summed E-state index contributed by atoms with van der Waals surface area (Å²) in [7, 11) is 7.37. The van der Waals surface area contributed by atoms with Gasteiger partial charge in [0.05, 0.1) is 0 Å². The van der Waals surface area contributed by atoms with E-state index in [9.17, 15) is 4.79 Å². The highest BCUT2D eigenvalue weighted by Gasteiger charge is 2.36. The number of guanidine groups is 1. The van der Waals surface area contributed by atoms with E-state index in [0.29, 0.717) is 0 Å². The Morgan fingerprint density at radius 1 is 1.17 bits per heavy atom. The molecular weight excluding hydrogens is 378 g/mol. The Morgan fingerprint density at radius 2 is 1.90 bits per heavy atom. The van der Waals surface area contributed by atoms with Gasteiger partial charge in [-0.2, -0.15) is 0 Å². The second-order valence-electron chi connectivity index (χ2n) is 8.44. The Balaban J connectivity index is 1.84. The maximum absolute atomic E-state index is 12.0. The molecule has 7 nitrogen and oxygen atoms in total. The number of para-hydroxylation sites is 1. The number of hydrogen-bond acceptors (Lipinski definition) is 4. The lowest BCUT2D eigenvalue weighted by Crippen LogP contribution is -2.47. The lowest BCUT2D eigenvalue weighted by molar-refractivity contribution is -0.127. The van der Waals surface area contributed by atoms with Crippen molar-refractivity contribution in [3.8, 4) is 0 Å². The molecule has 1 aliphatic rings. The van der Waals surface area contributed by atoms with Crippen molar-refractivity contribution in [3.63, 3.8) is 0 Å². The van der Waals surface area contributed by atoms with Crippen molar-refractivity contribution >= 4 is 17.6 Å². The molecule has 0 heterocycles. The second-order valence-corrected chi connectivity index (χ2v) is 8.44. The number of carbonyl (C=O) groups excluding carboxylic acids is 1. The molecule has 1 aromatic carbocycles. The van der Waals surface area contributed by atoms with E-state index in [1.807, 2.05) is 6.07 Å². The Labute approximate surface area is 181 Å². The fraction of sp³-hybridized carbons (Fsp3) is 0.652. The number of aliphatic imine (C=N–C) groups is 1. The number of nitrogens with one attached hydrogen (secondary N) is 2. The van der Waals surface area contributed by atoms with Crippen LogP contribution in [0.5, 0.6) is 0 Å². The molecule has 1 aromatic rings. The first kappa shape index (κ1) is 24.0. The van der Waals surface area contributed by atoms with Crippen molar-refractivity contribution in [1.82, 2.24) is 15.5 Å². The third-order valence-corrected chi connectivity index (χ3v) is 5.91. The van der Waals surface area contributed by atoms with Gasteiger partial charge in [0.15, 0.2) is 5.96 Å². The van der Waals surface area contributed by atoms with Crippen molar-refractivity contribution < 1.29 is 9.53 Å². The Hall–Kier alpha value is -2.28. The molecule has 0 aromatic heterocycles. The molecule has 1 aliphatic carbocycles. The van der Waals surface area contributed by atoms with E-state index in [4.69, 9.17) is 4.74 Å². The zero-order valence-corrected chi connectivity index (χ0v) is 19.1. The minimum atomic E-state index is -0.00217. The van der Waals surface area contributed by atoms with Crippen molar-refractivity contribution in [3.05, 3.63) is 30.3 Å². The number of carbonyl (C=O) groups is 1. The molecular formula is C23H39N5O2. The lowest BCUT2D eigenvalue weighted by atomic mass is 9.67. The number of amides is 1. The molecule has 0 saturated heterocycles. The first-order valence-corrected chi connectivity index (χ1v) is 10.9. The van der Waals surface area contributed by atoms with E-state index in [2.05, 4.69) is 51.8 Å². The molecule has 0 bridgehead atoms. The van der Waals surface area contributed by atoms with Gasteiger partial charge in [-0.05, 0) is 43.2 Å². The minimum absolute atomic E-state index is 0.00217. The number of benzene rings is 1. The minimum Gasteiger partial charge on any atom is -0.385 e. The fourth-order valence-corrected chi connectivity index (χ4v) is 3.58. The van der Waals surface area contributed by atoms with Crippen LogP contribution in [0.15, 0.2) is 35.3 Å². The third kappa shape index (κ3) is 7.86. The van der Waals surface area contributed by atoms with Gasteiger partial charge in [-0.25, -0.2) is 4.99 Å². The summed E-state index contributed by atoms with van der Waals surface area (Å²) in [4.78, 5) is 20.3. The Kier molecular flexibility index (Phi) is 9.94. The van der Waals surface area contributed by atoms with Crippen LogP contribution in [0.4, 0.5) is 5.69 Å². The highest BCUT2D eigenvalue weighted by atomic mass is 16.5. The molecule has 0 spiro atoms. The summed E-state index contributed by atoms with van der Waals surface area (Å²) in [6, 6.07) is 10.4. The highest BCUT2D eigenvalue weighted by Crippen LogP contribution is 2.43. The predicted molar refractivity (Wildman–Crippen MR) is 124 cm³/mol. The quantitative estimate of drug-likeness (QED) is 0.310. The predicted octanol–water partition coefficient (Wildman–Crippen LogP) is 2.34. The van der Waals surface area contributed by atoms with E-state index in [-0.39, 0.29) is 17.9 Å². The molecule has 2 N–H and O–H groups in total. The summed E-state index contributed by atoms with van der Waals surface area (Å²) in [5.74, 6) is 0.717. The van der Waals surface area contributed by atoms with Crippen molar-refractivity contribution in [2.24, 2.45) is 10.4 Å². The maximum atomic E-state index is 12.0. The number of hydrogen-bond donors (Lipinski definition) is 2. The molecule has 7 heteroatoms. The van der Waals surface area contributed by atoms with Gasteiger partial charge in [0.25, 0.3) is 0 Å². The first-order valence-electron chi connectivity index (χ1n) is 10.9. The number of ether oxygens (including phenoxy) is 1. The van der Waals surface area contributed by atoms with Gasteiger partial charge in [-0.3, -0.25) is 4.79 Å². The van der Waals surface area contributed by atoms with Crippen LogP contribution < -0.4 is 15.5 Å². The smallest absolute Gasteiger partial charge is 0.243 e. The van der Waals surface area contributed by atoms with Gasteiger partial charge < -0.3 is 25.2 Å². The number of likely N-dealkylation sites (N-methyl/N-ethyl adjacent to an activating group) is 1. The van der Waals surface area contributed by atoms with Crippen LogP contribution >= 0.6 is 0 Å². The fourth-order valence-electron chi connectivity index (χ4n) is 3.58. The van der Waals surface area contributed by atoms with Crippen LogP contribution in [0.25, 0.3) is 0 Å². The monoisotopic (exact) mass is 417 g/mol. The maximum Gasteiger partial charge on any atom is 0.243 e. The zero-order chi connectivity index (χ0) is 21.8. The number of methoxy groups -OCH3 is 1. The molecule has 0 aliphatic heterocycles. The van der Waals surface area contributed by atoms with Gasteiger partial charge in [0, 0.05) is 60.2 Å². The number of anilines is 1. The third-order valence-electron chi connectivity index (χ3n) is 5.91. The van der Waals surface area contributed by atoms with E-state index < -0.39 is 0 Å². The Bertz CT molecular complexity index is 659. The largest absolute Gasteiger partial charge is 0.385 e. The summed E-state index contributed by atoms with van der Waals surface area (Å²) in [5, 5.41) is 6.89. The van der Waals surface area contributed by atoms with Crippen LogP contribution in [-0.2, 0) is 9.53 Å². The van der Waals surface area contributed by atoms with Crippen LogP contribution in [0.3, 0.4) is 0 Å². The summed E-state index contributed by atoms with van der Waals surface area (Å²) < 4.78 is 5.30. The zero-order valence-electron chi connectivity index (χ0n) is 19.1. The van der Waals surface area contributed by atoms with Gasteiger partial charge in [0.2, 0.25) is 5.91 Å². The summed E-state index contributed by atoms with van der Waals surface area (Å²) in [6.45, 7) is 3.54. The molecule has 1 amide bonds. The van der Waals surface area contributed by atoms with Crippen LogP contribution in [0.1, 0.15) is 32.1 Å². The van der Waals surface area contributed by atoms with Gasteiger partial charge in [0.1, 0.15) is 6.54 Å². The van der Waals surface area contributed by atoms with E-state index in [1.165, 1.54) is 24.9 Å². The Morgan fingerprint density at radius 3 is 2.50 bits per heavy atom. The lowest BCUT2D eigenvalue weighted by Gasteiger charge is -2.42. The van der Waals surface area contributed by atoms with E-state index >= 15 is 0 Å². The summed E-state index contributed by atoms with van der Waals surface area (Å²) in [5.41, 5.74) is 1.50. The average molecular weight is 418 g/mol. The topological polar surface area (TPSA) is 69.2 Å². The van der Waals surface area contributed by atoms with Crippen LogP contribution in [0.2, 0.25) is 0 Å². The number of rotatable bonds is 12. The van der Waals surface area contributed by atoms with Gasteiger partial charge in [-0.15, -0.1) is 0 Å². The van der Waals surface area contributed by atoms with Crippen molar-refractivity contribution in [2.75, 3.05) is 65.9 Å². The summed E-state index contributed by atoms with van der Waals surface area (Å²) in [6.07, 6.45) is 5.74. The average Bonchev–Trinajstić information content (AvgIpc) is 2.73. The molecule has 168 valence electrons. The molecule has 1 fully saturated rings. The van der Waals surface area contributed by atoms with E-state index in [0.717, 1.165) is 45.0 Å². The molecule has 2 rings (SSSR count). The number of nitrogens with zero attached hydrogens (tertiary/aromatic N) is 3. The SMILES string of the molecule is COCCC1(CNC(=NCC(=O)N(C)C)NCCCN(C)c2ccccc2)CCC1. The normalized spacial score (nSPS) is 15.3. The van der Waals surface area contributed by atoms with E-state index in [1.54, 1.807) is 26.1 Å². The second kappa shape index (κ2) is 12.4. The molecule has 1 saturated carbocycles. The summed E-state index contributed by atoms with van der Waals surface area (Å²) >= 11 is 0. The van der Waals surface area contributed by atoms with Gasteiger partial charge in [-0.1, -0.05) is 24.6 Å². The van der Waals surface area contributed by atoms with Crippen LogP contribution in [0, 0.1) is 5.41 Å².